The number of ether oxygens (including phenoxy) is 1. The molecule has 3 heterocycles. The zero-order valence-corrected chi connectivity index (χ0v) is 53.3. The molecule has 466 valence electrons. The third kappa shape index (κ3) is 10.6. The number of rotatable bonds is 11. The maximum atomic E-state index is 10.5. The standard InChI is InChI=1S/C86H80N4OSi.Pt/c1-82(2,3)60-45-50-87-80(53-60)90-78-55-63(39-41-70(78)71-42-40-67(56-79(71)90)92(64-27-15-12-16-28-64,65-29-17-13-18-30-65)66-31-19-14-20-32-66)91-62-26-23-25-61(54-62)88-57-89(77-36-22-21-35-76(77)88)81-68(58-37-43-72-74(51-58)85(8,9)48-46-83(72,4)5)33-24-34-69(81)59-38-44-73-75(52-59)86(10,11)49-47-84(73,6)7;/h12-45,50-53,56H,46-49H2,1-11H3;/q-2;/i4D3,5D3,6D3,7D3,8D3,9D3,10D3,11D3,37D,38D,43D,44D,46D2,47D2,48D2,49D2,51D,52D;. The number of hydrogen-bond donors (Lipinski definition) is 0. The summed E-state index contributed by atoms with van der Waals surface area (Å²) in [7, 11) is -3.20. The van der Waals surface area contributed by atoms with Gasteiger partial charge in [0.1, 0.15) is 5.82 Å². The maximum Gasteiger partial charge on any atom is 0.268 e. The van der Waals surface area contributed by atoms with Crippen LogP contribution in [0.1, 0.15) is 181 Å². The van der Waals surface area contributed by atoms with Gasteiger partial charge in [-0.2, -0.15) is 18.2 Å². The summed E-state index contributed by atoms with van der Waals surface area (Å²) in [5, 5.41) is 5.94. The molecular formula is C86H80N4OPtSi-2. The molecule has 0 aliphatic heterocycles. The van der Waals surface area contributed by atoms with Crippen LogP contribution in [0.4, 0.5) is 0 Å². The van der Waals surface area contributed by atoms with E-state index in [4.69, 9.17) is 42.6 Å². The Hall–Kier alpha value is -8.67. The molecule has 15 rings (SSSR count). The second kappa shape index (κ2) is 23.1. The summed E-state index contributed by atoms with van der Waals surface area (Å²) in [4.78, 5) is 5.02. The van der Waals surface area contributed by atoms with Gasteiger partial charge in [0.25, 0.3) is 6.33 Å². The minimum atomic E-state index is -4.87. The van der Waals surface area contributed by atoms with Gasteiger partial charge in [-0.1, -0.05) is 263 Å². The number of aromatic nitrogens is 4. The van der Waals surface area contributed by atoms with Crippen molar-refractivity contribution in [2.45, 2.75) is 128 Å². The first kappa shape index (κ1) is 32.0. The molecule has 10 aromatic carbocycles. The molecule has 93 heavy (non-hydrogen) atoms. The van der Waals surface area contributed by atoms with Crippen LogP contribution in [0.5, 0.6) is 11.5 Å². The van der Waals surface area contributed by atoms with Crippen LogP contribution < -0.4 is 30.1 Å². The van der Waals surface area contributed by atoms with Crippen LogP contribution >= 0.6 is 0 Å². The number of hydrogen-bond acceptors (Lipinski definition) is 2. The summed E-state index contributed by atoms with van der Waals surface area (Å²) in [6.45, 7) is -30.3. The van der Waals surface area contributed by atoms with E-state index >= 15 is 0 Å². The van der Waals surface area contributed by atoms with Gasteiger partial charge in [-0.25, -0.2) is 4.98 Å². The molecule has 5 nitrogen and oxygen atoms in total. The Kier molecular flexibility index (Phi) is 7.94. The van der Waals surface area contributed by atoms with E-state index in [1.54, 1.807) is 12.3 Å². The van der Waals surface area contributed by atoms with Gasteiger partial charge in [0.05, 0.1) is 24.9 Å². The number of benzene rings is 10. The normalized spacial score (nSPS) is 24.8. The first-order valence-electron chi connectivity index (χ1n) is 48.5. The molecule has 0 bridgehead atoms. The Balaban J connectivity index is 0.0000138. The molecule has 0 amide bonds. The minimum Gasteiger partial charge on any atom is -0.510 e. The Morgan fingerprint density at radius 2 is 1.05 bits per heavy atom. The van der Waals surface area contributed by atoms with E-state index in [0.717, 1.165) is 65.4 Å². The summed E-state index contributed by atoms with van der Waals surface area (Å²) in [5.74, 6) is 0.606. The molecule has 13 aromatic rings. The smallest absolute Gasteiger partial charge is 0.268 e. The Morgan fingerprint density at radius 3 is 1.62 bits per heavy atom. The summed E-state index contributed by atoms with van der Waals surface area (Å²) in [6.07, 6.45) is -14.5. The van der Waals surface area contributed by atoms with E-state index in [0.29, 0.717) is 11.3 Å². The molecule has 0 atom stereocenters. The third-order valence-electron chi connectivity index (χ3n) is 17.1. The molecular weight excluding hydrogens is 1330 g/mol. The predicted octanol–water partition coefficient (Wildman–Crippen LogP) is 18.3. The van der Waals surface area contributed by atoms with Crippen LogP contribution in [0, 0.1) is 18.5 Å². The minimum absolute atomic E-state index is 0. The molecule has 7 heteroatoms. The number of fused-ring (bicyclic) bond motifs is 6. The quantitative estimate of drug-likeness (QED) is 0.0560. The van der Waals surface area contributed by atoms with Crippen LogP contribution in [0.3, 0.4) is 0 Å². The molecule has 0 radical (unpaired) electrons. The Labute approximate surface area is 618 Å². The second-order valence-electron chi connectivity index (χ2n) is 24.1. The van der Waals surface area contributed by atoms with Gasteiger partial charge < -0.3 is 13.9 Å². The molecule has 3 aromatic heterocycles. The first-order chi connectivity index (χ1) is 59.8. The van der Waals surface area contributed by atoms with Crippen LogP contribution in [0.2, 0.25) is 0 Å². The van der Waals surface area contributed by atoms with Crippen molar-refractivity contribution < 1.29 is 82.5 Å². The number of pyridine rings is 1. The molecule has 0 saturated heterocycles. The van der Waals surface area contributed by atoms with E-state index in [2.05, 4.69) is 93.8 Å². The van der Waals surface area contributed by atoms with Crippen molar-refractivity contribution in [3.05, 3.63) is 283 Å². The van der Waals surface area contributed by atoms with Gasteiger partial charge in [-0.3, -0.25) is 4.57 Å². The zero-order chi connectivity index (χ0) is 95.9. The van der Waals surface area contributed by atoms with Crippen molar-refractivity contribution in [3.63, 3.8) is 0 Å². The average Bonchev–Trinajstić information content (AvgIpc) is 1.33. The van der Waals surface area contributed by atoms with Gasteiger partial charge in [-0.05, 0) is 153 Å². The van der Waals surface area contributed by atoms with Crippen molar-refractivity contribution in [2.75, 3.05) is 0 Å². The van der Waals surface area contributed by atoms with E-state index in [9.17, 15) is 19.2 Å². The van der Waals surface area contributed by atoms with Gasteiger partial charge in [0.15, 0.2) is 8.07 Å². The third-order valence-corrected chi connectivity index (χ3v) is 21.9. The van der Waals surface area contributed by atoms with Gasteiger partial charge >= 0.3 is 0 Å². The van der Waals surface area contributed by atoms with Crippen LogP contribution in [0.25, 0.3) is 72.3 Å². The average molecular weight is 1450 g/mol. The Morgan fingerprint density at radius 1 is 0.527 bits per heavy atom. The summed E-state index contributed by atoms with van der Waals surface area (Å²) < 4.78 is 366. The summed E-state index contributed by atoms with van der Waals surface area (Å²) >= 11 is 0. The van der Waals surface area contributed by atoms with E-state index in [-0.39, 0.29) is 54.7 Å². The van der Waals surface area contributed by atoms with Gasteiger partial charge in [-0.15, -0.1) is 29.7 Å². The molecule has 2 aliphatic carbocycles. The molecule has 2 aliphatic rings. The summed E-state index contributed by atoms with van der Waals surface area (Å²) in [6, 6.07) is 54.1. The van der Waals surface area contributed by atoms with Crippen molar-refractivity contribution in [3.8, 4) is 50.9 Å². The van der Waals surface area contributed by atoms with Crippen molar-refractivity contribution in [1.82, 2.24) is 14.1 Å². The fraction of sp³-hybridized carbons (Fsp3) is 0.233. The molecule has 0 N–H and O–H groups in total. The maximum absolute atomic E-state index is 10.5. The topological polar surface area (TPSA) is 35.9 Å². The number of para-hydroxylation sites is 3. The van der Waals surface area contributed by atoms with Crippen molar-refractivity contribution >= 4 is 61.7 Å². The number of nitrogens with zero attached hydrogens (tertiary/aromatic N) is 4. The largest absolute Gasteiger partial charge is 0.510 e. The summed E-state index contributed by atoms with van der Waals surface area (Å²) in [5.41, 5.74) is -30.2. The zero-order valence-electron chi connectivity index (χ0n) is 88.1. The van der Waals surface area contributed by atoms with Crippen LogP contribution in [-0.2, 0) is 48.1 Å². The Bertz CT molecular complexity index is 6400. The fourth-order valence-corrected chi connectivity index (χ4v) is 17.5. The predicted molar refractivity (Wildman–Crippen MR) is 384 cm³/mol. The van der Waals surface area contributed by atoms with Crippen molar-refractivity contribution in [1.29, 1.82) is 0 Å². The van der Waals surface area contributed by atoms with Crippen LogP contribution in [0.15, 0.2) is 237 Å². The van der Waals surface area contributed by atoms with E-state index in [1.807, 2.05) is 77.4 Å². The molecule has 0 spiro atoms. The monoisotopic (exact) mass is 1450 g/mol. The van der Waals surface area contributed by atoms with Gasteiger partial charge in [0.2, 0.25) is 0 Å². The number of imidazole rings is 1. The van der Waals surface area contributed by atoms with E-state index in [1.165, 1.54) is 47.0 Å². The fourth-order valence-electron chi connectivity index (χ4n) is 12.7. The van der Waals surface area contributed by atoms with Crippen molar-refractivity contribution in [2.24, 2.45) is 0 Å². The SMILES string of the molecule is [2H]c1c([2H])c2c(c([2H])c1-c1cccc(-c3c([2H])c([2H])c4c(c3[2H])C(C([2H])([2H])[2H])(C([2H])([2H])[2H])C([2H])([2H])C([2H])([2H])C4(C([2H])([2H])[2H])C([2H])([2H])[2H])c1-[n+]1[c-]n(-c3[c-]c(Oc4[c-]c5c(cc4)c4ccc([Si](c6ccccc6)(c6ccccc6)c6ccccc6)cc4n5-c4cc(C(C)(C)C)ccn4)ccc3)c3ccccc31)C(C([2H])([2H])[2H])(C([2H])([2H])[2H])C([2H])([2H])C([2H])([2H])C2(C([2H])([2H])[2H])C([2H])([2H])[2H].[Pt]. The van der Waals surface area contributed by atoms with E-state index < -0.39 is 196 Å². The first-order valence-corrected chi connectivity index (χ1v) is 31.5. The van der Waals surface area contributed by atoms with Gasteiger partial charge in [0, 0.05) is 88.1 Å². The van der Waals surface area contributed by atoms with Crippen LogP contribution in [-0.4, -0.2) is 22.2 Å². The molecule has 0 unspecified atom stereocenters. The second-order valence-corrected chi connectivity index (χ2v) is 27.9. The molecule has 0 saturated carbocycles. The molecule has 0 fully saturated rings.